The summed E-state index contributed by atoms with van der Waals surface area (Å²) in [4.78, 5) is 19.9. The van der Waals surface area contributed by atoms with Gasteiger partial charge in [-0.25, -0.2) is 0 Å². The molecule has 2 N–H and O–H groups in total. The van der Waals surface area contributed by atoms with Crippen molar-refractivity contribution in [3.63, 3.8) is 0 Å². The zero-order valence-electron chi connectivity index (χ0n) is 18.5. The Bertz CT molecular complexity index is 1010. The fraction of sp³-hybridized carbons (Fsp3) is 0.261. The Kier molecular flexibility index (Phi) is 10.5. The summed E-state index contributed by atoms with van der Waals surface area (Å²) in [5.41, 5.74) is 3.04. The topological polar surface area (TPSA) is 74.5 Å². The number of hydrogen-bond acceptors (Lipinski definition) is 4. The highest BCUT2D eigenvalue weighted by molar-refractivity contribution is 14.0. The van der Waals surface area contributed by atoms with Crippen LogP contribution in [0.4, 0.5) is 5.69 Å². The van der Waals surface area contributed by atoms with Gasteiger partial charge >= 0.3 is 0 Å². The van der Waals surface area contributed by atoms with E-state index in [0.717, 1.165) is 23.8 Å². The Hall–Kier alpha value is -2.53. The number of aliphatic imine (C=N–C) groups is 1. The minimum atomic E-state index is -0.114. The first-order valence-electron chi connectivity index (χ1n) is 9.98. The summed E-state index contributed by atoms with van der Waals surface area (Å²) in [5, 5.41) is 10.4. The van der Waals surface area contributed by atoms with Gasteiger partial charge in [0.1, 0.15) is 6.54 Å². The van der Waals surface area contributed by atoms with Crippen molar-refractivity contribution >= 4 is 53.3 Å². The van der Waals surface area contributed by atoms with Gasteiger partial charge in [0, 0.05) is 50.2 Å². The largest absolute Gasteiger partial charge is 0.352 e. The lowest BCUT2D eigenvalue weighted by atomic mass is 10.2. The summed E-state index contributed by atoms with van der Waals surface area (Å²) in [6, 6.07) is 18.1. The van der Waals surface area contributed by atoms with Crippen molar-refractivity contribution in [2.24, 2.45) is 4.99 Å². The lowest BCUT2D eigenvalue weighted by Gasteiger charge is -2.22. The average Bonchev–Trinajstić information content (AvgIpc) is 3.28. The first kappa shape index (κ1) is 25.7. The molecule has 7 nitrogen and oxygen atoms in total. The number of benzene rings is 2. The van der Waals surface area contributed by atoms with Crippen molar-refractivity contribution in [2.75, 3.05) is 25.7 Å². The number of nitrogens with one attached hydrogen (secondary N) is 2. The van der Waals surface area contributed by atoms with Crippen LogP contribution in [0.5, 0.6) is 0 Å². The number of anilines is 1. The van der Waals surface area contributed by atoms with E-state index in [0.29, 0.717) is 6.54 Å². The molecule has 2 aromatic carbocycles. The summed E-state index contributed by atoms with van der Waals surface area (Å²) in [6.45, 7) is 1.55. The summed E-state index contributed by atoms with van der Waals surface area (Å²) in [5.74, 6) is 0.693. The Morgan fingerprint density at radius 2 is 1.94 bits per heavy atom. The van der Waals surface area contributed by atoms with Crippen LogP contribution in [0.1, 0.15) is 11.1 Å². The molecule has 3 aromatic rings. The van der Waals surface area contributed by atoms with Crippen molar-refractivity contribution in [1.82, 2.24) is 20.0 Å². The standard InChI is InChI=1S/C23H28N6OS.HI/c1-24-23(28(2)16-18-8-10-21(31-3)11-9-18)25-15-19-6-4-7-20(14-19)27-22(30)17-29-13-5-12-26-29;/h4-14H,15-17H2,1-3H3,(H,24,25)(H,27,30);1H. The number of hydrogen-bond donors (Lipinski definition) is 2. The number of rotatable bonds is 8. The SMILES string of the molecule is CN=C(NCc1cccc(NC(=O)Cn2cccn2)c1)N(C)Cc1ccc(SC)cc1.I. The van der Waals surface area contributed by atoms with E-state index in [-0.39, 0.29) is 36.4 Å². The molecule has 0 fully saturated rings. The Morgan fingerprint density at radius 1 is 1.16 bits per heavy atom. The van der Waals surface area contributed by atoms with E-state index in [1.807, 2.05) is 31.3 Å². The third kappa shape index (κ3) is 7.86. The number of guanidine groups is 1. The van der Waals surface area contributed by atoms with E-state index in [1.165, 1.54) is 10.5 Å². The van der Waals surface area contributed by atoms with Crippen LogP contribution in [0.2, 0.25) is 0 Å². The maximum Gasteiger partial charge on any atom is 0.246 e. The normalized spacial score (nSPS) is 10.9. The van der Waals surface area contributed by atoms with Gasteiger partial charge in [-0.1, -0.05) is 24.3 Å². The van der Waals surface area contributed by atoms with Gasteiger partial charge < -0.3 is 15.5 Å². The molecule has 0 aliphatic carbocycles. The maximum absolute atomic E-state index is 12.2. The molecular formula is C23H29IN6OS. The fourth-order valence-corrected chi connectivity index (χ4v) is 3.55. The second-order valence-corrected chi connectivity index (χ2v) is 7.94. The molecule has 0 bridgehead atoms. The van der Waals surface area contributed by atoms with Crippen molar-refractivity contribution in [2.45, 2.75) is 24.5 Å². The fourth-order valence-electron chi connectivity index (χ4n) is 3.15. The van der Waals surface area contributed by atoms with Gasteiger partial charge in [0.2, 0.25) is 5.91 Å². The molecule has 0 saturated carbocycles. The molecule has 9 heteroatoms. The average molecular weight is 564 g/mol. The number of carbonyl (C=O) groups is 1. The number of thioether (sulfide) groups is 1. The van der Waals surface area contributed by atoms with Gasteiger partial charge in [0.05, 0.1) is 0 Å². The molecule has 0 saturated heterocycles. The minimum Gasteiger partial charge on any atom is -0.352 e. The van der Waals surface area contributed by atoms with E-state index in [2.05, 4.69) is 56.1 Å². The second-order valence-electron chi connectivity index (χ2n) is 7.06. The van der Waals surface area contributed by atoms with Crippen LogP contribution >= 0.6 is 35.7 Å². The number of carbonyl (C=O) groups excluding carboxylic acids is 1. The van der Waals surface area contributed by atoms with Gasteiger partial charge in [0.25, 0.3) is 0 Å². The molecule has 0 aliphatic rings. The number of nitrogens with zero attached hydrogens (tertiary/aromatic N) is 4. The maximum atomic E-state index is 12.2. The zero-order valence-corrected chi connectivity index (χ0v) is 21.6. The molecule has 170 valence electrons. The highest BCUT2D eigenvalue weighted by atomic mass is 127. The summed E-state index contributed by atoms with van der Waals surface area (Å²) in [7, 11) is 3.80. The van der Waals surface area contributed by atoms with Gasteiger partial charge in [-0.15, -0.1) is 35.7 Å². The van der Waals surface area contributed by atoms with Gasteiger partial charge in [-0.05, 0) is 47.7 Å². The van der Waals surface area contributed by atoms with Crippen LogP contribution in [0.15, 0.2) is 76.9 Å². The van der Waals surface area contributed by atoms with Gasteiger partial charge in [-0.2, -0.15) is 5.10 Å². The van der Waals surface area contributed by atoms with Crippen LogP contribution in [0, 0.1) is 0 Å². The third-order valence-corrected chi connectivity index (χ3v) is 5.42. The van der Waals surface area contributed by atoms with Crippen LogP contribution in [0.25, 0.3) is 0 Å². The summed E-state index contributed by atoms with van der Waals surface area (Å²) < 4.78 is 1.59. The highest BCUT2D eigenvalue weighted by Gasteiger charge is 2.08. The van der Waals surface area contributed by atoms with E-state index in [1.54, 1.807) is 42.0 Å². The predicted molar refractivity (Wildman–Crippen MR) is 143 cm³/mol. The van der Waals surface area contributed by atoms with Crippen molar-refractivity contribution < 1.29 is 4.79 Å². The van der Waals surface area contributed by atoms with Crippen LogP contribution in [-0.4, -0.2) is 46.9 Å². The first-order valence-corrected chi connectivity index (χ1v) is 11.2. The van der Waals surface area contributed by atoms with Crippen molar-refractivity contribution in [3.8, 4) is 0 Å². The molecule has 1 aromatic heterocycles. The quantitative estimate of drug-likeness (QED) is 0.187. The smallest absolute Gasteiger partial charge is 0.246 e. The molecule has 0 aliphatic heterocycles. The van der Waals surface area contributed by atoms with Crippen molar-refractivity contribution in [3.05, 3.63) is 78.1 Å². The highest BCUT2D eigenvalue weighted by Crippen LogP contribution is 2.16. The number of amides is 1. The molecule has 32 heavy (non-hydrogen) atoms. The zero-order chi connectivity index (χ0) is 22.1. The lowest BCUT2D eigenvalue weighted by molar-refractivity contribution is -0.116. The van der Waals surface area contributed by atoms with E-state index < -0.39 is 0 Å². The van der Waals surface area contributed by atoms with Gasteiger partial charge in [0.15, 0.2) is 5.96 Å². The molecule has 0 radical (unpaired) electrons. The minimum absolute atomic E-state index is 0. The molecule has 0 unspecified atom stereocenters. The van der Waals surface area contributed by atoms with E-state index in [9.17, 15) is 4.79 Å². The molecule has 1 heterocycles. The summed E-state index contributed by atoms with van der Waals surface area (Å²) >= 11 is 1.74. The van der Waals surface area contributed by atoms with Gasteiger partial charge in [-0.3, -0.25) is 14.5 Å². The monoisotopic (exact) mass is 564 g/mol. The summed E-state index contributed by atoms with van der Waals surface area (Å²) in [6.07, 6.45) is 5.49. The molecule has 0 atom stereocenters. The Labute approximate surface area is 210 Å². The third-order valence-electron chi connectivity index (χ3n) is 4.68. The van der Waals surface area contributed by atoms with E-state index >= 15 is 0 Å². The number of halogens is 1. The lowest BCUT2D eigenvalue weighted by Crippen LogP contribution is -2.38. The van der Waals surface area contributed by atoms with Crippen LogP contribution in [-0.2, 0) is 24.4 Å². The van der Waals surface area contributed by atoms with E-state index in [4.69, 9.17) is 0 Å². The van der Waals surface area contributed by atoms with Crippen LogP contribution < -0.4 is 10.6 Å². The van der Waals surface area contributed by atoms with Crippen molar-refractivity contribution in [1.29, 1.82) is 0 Å². The molecule has 1 amide bonds. The second kappa shape index (κ2) is 13.1. The first-order chi connectivity index (χ1) is 15.1. The molecular weight excluding hydrogens is 535 g/mol. The predicted octanol–water partition coefficient (Wildman–Crippen LogP) is 4.07. The van der Waals surface area contributed by atoms with Crippen LogP contribution in [0.3, 0.4) is 0 Å². The molecule has 0 spiro atoms. The molecule has 3 rings (SSSR count). The Morgan fingerprint density at radius 3 is 2.59 bits per heavy atom. The number of aromatic nitrogens is 2. The Balaban J connectivity index is 0.00000363.